The number of carbonyl (C=O) groups excluding carboxylic acids is 2. The molecule has 0 aromatic heterocycles. The van der Waals surface area contributed by atoms with Crippen LogP contribution in [-0.4, -0.2) is 35.4 Å². The van der Waals surface area contributed by atoms with Gasteiger partial charge in [-0.1, -0.05) is 50.9 Å². The number of nitrogens with zero attached hydrogens (tertiary/aromatic N) is 1. The van der Waals surface area contributed by atoms with Gasteiger partial charge in [0, 0.05) is 11.6 Å². The molecule has 0 aliphatic carbocycles. The lowest BCUT2D eigenvalue weighted by atomic mass is 9.86. The van der Waals surface area contributed by atoms with Crippen LogP contribution in [0.1, 0.15) is 26.3 Å². The third kappa shape index (κ3) is 4.64. The summed E-state index contributed by atoms with van der Waals surface area (Å²) in [6.07, 6.45) is 0.988. The third-order valence-electron chi connectivity index (χ3n) is 3.61. The summed E-state index contributed by atoms with van der Waals surface area (Å²) in [6, 6.07) is 1.49. The van der Waals surface area contributed by atoms with Crippen molar-refractivity contribution in [1.29, 1.82) is 0 Å². The van der Waals surface area contributed by atoms with E-state index in [0.29, 0.717) is 19.6 Å². The summed E-state index contributed by atoms with van der Waals surface area (Å²) in [4.78, 5) is 27.2. The minimum Gasteiger partial charge on any atom is -0.507 e. The van der Waals surface area contributed by atoms with Crippen LogP contribution in [0.2, 0.25) is 0 Å². The average molecular weight is 421 g/mol. The molecule has 1 aliphatic rings. The number of fused-ring (bicyclic) bond motifs is 1. The van der Waals surface area contributed by atoms with Gasteiger partial charge in [-0.05, 0) is 11.5 Å². The van der Waals surface area contributed by atoms with Gasteiger partial charge in [0.1, 0.15) is 24.7 Å². The smallest absolute Gasteiger partial charge is 0.338 e. The predicted molar refractivity (Wildman–Crippen MR) is 106 cm³/mol. The SMILES string of the molecule is [C-]#[N+]/C(C(=O)OCCOC(=O)C=C)=C1/Sc2c(O)cc(C(C)(C)C)c(O)c2S1. The fourth-order valence-electron chi connectivity index (χ4n) is 2.26. The summed E-state index contributed by atoms with van der Waals surface area (Å²) in [6.45, 7) is 15.9. The van der Waals surface area contributed by atoms with Crippen LogP contribution in [0.3, 0.4) is 0 Å². The monoisotopic (exact) mass is 421 g/mol. The number of benzene rings is 1. The van der Waals surface area contributed by atoms with Gasteiger partial charge in [-0.3, -0.25) is 4.79 Å². The Morgan fingerprint density at radius 1 is 1.21 bits per heavy atom. The molecule has 0 spiro atoms. The normalized spacial score (nSPS) is 14.6. The fraction of sp³-hybridized carbons (Fsp3) is 0.316. The number of hydrogen-bond donors (Lipinski definition) is 2. The van der Waals surface area contributed by atoms with E-state index >= 15 is 0 Å². The van der Waals surface area contributed by atoms with Gasteiger partial charge in [-0.2, -0.15) is 0 Å². The van der Waals surface area contributed by atoms with Crippen LogP contribution >= 0.6 is 23.5 Å². The zero-order valence-electron chi connectivity index (χ0n) is 15.6. The molecule has 7 nitrogen and oxygen atoms in total. The summed E-state index contributed by atoms with van der Waals surface area (Å²) < 4.78 is 9.97. The number of phenols is 2. The van der Waals surface area contributed by atoms with E-state index in [1.54, 1.807) is 0 Å². The Hall–Kier alpha value is -2.57. The molecule has 0 atom stereocenters. The highest BCUT2D eigenvalue weighted by molar-refractivity contribution is 8.24. The zero-order chi connectivity index (χ0) is 21.1. The Bertz CT molecular complexity index is 908. The highest BCUT2D eigenvalue weighted by Crippen LogP contribution is 2.60. The van der Waals surface area contributed by atoms with Gasteiger partial charge in [0.15, 0.2) is 0 Å². The number of phenolic OH excluding ortho intramolecular Hbond substituents is 2. The van der Waals surface area contributed by atoms with Gasteiger partial charge in [0.25, 0.3) is 5.70 Å². The summed E-state index contributed by atoms with van der Waals surface area (Å²) in [7, 11) is 0. The lowest BCUT2D eigenvalue weighted by Crippen LogP contribution is -2.13. The van der Waals surface area contributed by atoms with Crippen LogP contribution in [-0.2, 0) is 24.5 Å². The largest absolute Gasteiger partial charge is 0.507 e. The Morgan fingerprint density at radius 2 is 1.82 bits per heavy atom. The molecule has 1 aliphatic heterocycles. The molecule has 0 unspecified atom stereocenters. The van der Waals surface area contributed by atoms with Gasteiger partial charge in [-0.25, -0.2) is 9.64 Å². The first kappa shape index (κ1) is 21.7. The van der Waals surface area contributed by atoms with E-state index in [4.69, 9.17) is 16.0 Å². The van der Waals surface area contributed by atoms with Crippen molar-refractivity contribution in [3.63, 3.8) is 0 Å². The molecule has 0 radical (unpaired) electrons. The number of aromatic hydroxyl groups is 2. The van der Waals surface area contributed by atoms with Crippen molar-refractivity contribution in [1.82, 2.24) is 0 Å². The quantitative estimate of drug-likeness (QED) is 0.242. The maximum absolute atomic E-state index is 12.2. The summed E-state index contributed by atoms with van der Waals surface area (Å²) in [5, 5.41) is 21.0. The minimum absolute atomic E-state index is 0.0156. The van der Waals surface area contributed by atoms with Crippen molar-refractivity contribution in [2.24, 2.45) is 0 Å². The van der Waals surface area contributed by atoms with Crippen molar-refractivity contribution >= 4 is 35.5 Å². The van der Waals surface area contributed by atoms with Crippen LogP contribution in [0, 0.1) is 6.57 Å². The van der Waals surface area contributed by atoms with Gasteiger partial charge < -0.3 is 19.7 Å². The number of rotatable bonds is 5. The molecule has 2 N–H and O–H groups in total. The standard InChI is InChI=1S/C19H19NO6S2/c1-6-12(22)25-7-8-26-17(24)13(20-5)18-27-15-11(21)9-10(19(2,3)4)14(23)16(15)28-18/h6,9,21,23H,1,7-8H2,2-4H3/b18-13-. The lowest BCUT2D eigenvalue weighted by Gasteiger charge is -2.22. The first-order chi connectivity index (χ1) is 13.1. The van der Waals surface area contributed by atoms with Crippen LogP contribution in [0.5, 0.6) is 11.5 Å². The van der Waals surface area contributed by atoms with Crippen molar-refractivity contribution in [3.05, 3.63) is 45.6 Å². The first-order valence-corrected chi connectivity index (χ1v) is 9.76. The van der Waals surface area contributed by atoms with Crippen LogP contribution in [0.4, 0.5) is 0 Å². The molecule has 148 valence electrons. The van der Waals surface area contributed by atoms with Crippen LogP contribution in [0.25, 0.3) is 4.85 Å². The summed E-state index contributed by atoms with van der Waals surface area (Å²) in [5.74, 6) is -1.53. The van der Waals surface area contributed by atoms with E-state index in [-0.39, 0.29) is 30.4 Å². The highest BCUT2D eigenvalue weighted by atomic mass is 32.2. The van der Waals surface area contributed by atoms with Gasteiger partial charge >= 0.3 is 11.9 Å². The Kier molecular flexibility index (Phi) is 6.69. The highest BCUT2D eigenvalue weighted by Gasteiger charge is 2.33. The fourth-order valence-corrected chi connectivity index (χ4v) is 4.76. The molecular weight excluding hydrogens is 402 g/mol. The second-order valence-corrected chi connectivity index (χ2v) is 8.96. The second-order valence-electron chi connectivity index (χ2n) is 6.66. The minimum atomic E-state index is -0.873. The Labute approximate surface area is 171 Å². The third-order valence-corrected chi connectivity index (χ3v) is 6.22. The second kappa shape index (κ2) is 8.63. The predicted octanol–water partition coefficient (Wildman–Crippen LogP) is 3.95. The molecule has 0 amide bonds. The topological polar surface area (TPSA) is 97.4 Å². The van der Waals surface area contributed by atoms with Gasteiger partial charge in [0.05, 0.1) is 20.6 Å². The molecule has 0 bridgehead atoms. The number of carbonyl (C=O) groups is 2. The molecule has 0 saturated carbocycles. The van der Waals surface area contributed by atoms with Gasteiger partial charge in [0.2, 0.25) is 0 Å². The molecule has 9 heteroatoms. The van der Waals surface area contributed by atoms with E-state index in [1.165, 1.54) is 6.07 Å². The average Bonchev–Trinajstić information content (AvgIpc) is 3.07. The van der Waals surface area contributed by atoms with E-state index in [0.717, 1.165) is 29.6 Å². The number of thioether (sulfide) groups is 2. The van der Waals surface area contributed by atoms with Crippen molar-refractivity contribution < 1.29 is 29.3 Å². The molecular formula is C19H19NO6S2. The van der Waals surface area contributed by atoms with E-state index in [2.05, 4.69) is 11.4 Å². The Morgan fingerprint density at radius 3 is 2.39 bits per heavy atom. The number of hydrogen-bond acceptors (Lipinski definition) is 8. The van der Waals surface area contributed by atoms with Crippen LogP contribution in [0.15, 0.2) is 38.4 Å². The van der Waals surface area contributed by atoms with Gasteiger partial charge in [-0.15, -0.1) is 0 Å². The zero-order valence-corrected chi connectivity index (χ0v) is 17.2. The number of esters is 2. The number of ether oxygens (including phenoxy) is 2. The van der Waals surface area contributed by atoms with Crippen molar-refractivity contribution in [3.8, 4) is 11.5 Å². The molecule has 1 heterocycles. The maximum Gasteiger partial charge on any atom is 0.338 e. The summed E-state index contributed by atoms with van der Waals surface area (Å²) in [5.41, 5.74) is -0.106. The van der Waals surface area contributed by atoms with E-state index in [9.17, 15) is 19.8 Å². The van der Waals surface area contributed by atoms with Crippen molar-refractivity contribution in [2.75, 3.05) is 13.2 Å². The van der Waals surface area contributed by atoms with Crippen LogP contribution < -0.4 is 0 Å². The molecule has 1 aromatic rings. The molecule has 0 saturated heterocycles. The molecule has 2 rings (SSSR count). The van der Waals surface area contributed by atoms with E-state index in [1.807, 2.05) is 20.8 Å². The maximum atomic E-state index is 12.2. The Balaban J connectivity index is 2.23. The molecule has 1 aromatic carbocycles. The van der Waals surface area contributed by atoms with Crippen molar-refractivity contribution in [2.45, 2.75) is 36.0 Å². The molecule has 0 fully saturated rings. The lowest BCUT2D eigenvalue weighted by molar-refractivity contribution is -0.146. The summed E-state index contributed by atoms with van der Waals surface area (Å²) >= 11 is 2.06. The first-order valence-electron chi connectivity index (χ1n) is 8.13. The molecule has 28 heavy (non-hydrogen) atoms. The van der Waals surface area contributed by atoms with E-state index < -0.39 is 17.4 Å².